The molecule has 0 radical (unpaired) electrons. The first kappa shape index (κ1) is 15.8. The second-order valence-electron chi connectivity index (χ2n) is 4.83. The zero-order valence-electron chi connectivity index (χ0n) is 12.8. The number of methoxy groups -OCH3 is 2. The molecule has 0 atom stereocenters. The molecule has 0 aliphatic carbocycles. The third kappa shape index (κ3) is 4.48. The summed E-state index contributed by atoms with van der Waals surface area (Å²) < 4.78 is 10.5. The number of ether oxygens (including phenoxy) is 2. The van der Waals surface area contributed by atoms with Gasteiger partial charge in [-0.1, -0.05) is 12.1 Å². The van der Waals surface area contributed by atoms with Crippen LogP contribution in [-0.4, -0.2) is 31.7 Å². The van der Waals surface area contributed by atoms with Crippen LogP contribution in [0.25, 0.3) is 0 Å². The Labute approximate surface area is 130 Å². The first-order chi connectivity index (χ1) is 10.7. The highest BCUT2D eigenvalue weighted by Crippen LogP contribution is 2.27. The van der Waals surface area contributed by atoms with E-state index in [1.54, 1.807) is 26.6 Å². The van der Waals surface area contributed by atoms with Gasteiger partial charge in [-0.2, -0.15) is 0 Å². The molecule has 0 saturated carbocycles. The lowest BCUT2D eigenvalue weighted by Crippen LogP contribution is -2.27. The van der Waals surface area contributed by atoms with Gasteiger partial charge in [0.2, 0.25) is 5.91 Å². The van der Waals surface area contributed by atoms with Crippen LogP contribution in [0.2, 0.25) is 0 Å². The predicted octanol–water partition coefficient (Wildman–Crippen LogP) is 2.00. The molecule has 0 fully saturated rings. The van der Waals surface area contributed by atoms with Crippen molar-refractivity contribution in [2.75, 3.05) is 20.8 Å². The minimum Gasteiger partial charge on any atom is -0.493 e. The van der Waals surface area contributed by atoms with E-state index < -0.39 is 0 Å². The summed E-state index contributed by atoms with van der Waals surface area (Å²) in [6.07, 6.45) is 4.48. The number of carbonyl (C=O) groups excluding carboxylic acids is 1. The number of nitrogens with zero attached hydrogens (tertiary/aromatic N) is 1. The standard InChI is InChI=1S/C17H20N2O3/c1-21-15-6-5-13(10-16(15)22-2)7-9-19-17(20)11-14-4-3-8-18-12-14/h3-6,8,10,12H,7,9,11H2,1-2H3,(H,19,20). The number of nitrogens with one attached hydrogen (secondary N) is 1. The van der Waals surface area contributed by atoms with Crippen LogP contribution in [0.3, 0.4) is 0 Å². The van der Waals surface area contributed by atoms with E-state index in [1.165, 1.54) is 0 Å². The van der Waals surface area contributed by atoms with Crippen LogP contribution < -0.4 is 14.8 Å². The van der Waals surface area contributed by atoms with E-state index in [-0.39, 0.29) is 5.91 Å². The van der Waals surface area contributed by atoms with Crippen molar-refractivity contribution in [1.82, 2.24) is 10.3 Å². The lowest BCUT2D eigenvalue weighted by molar-refractivity contribution is -0.120. The Bertz CT molecular complexity index is 615. The largest absolute Gasteiger partial charge is 0.493 e. The average molecular weight is 300 g/mol. The lowest BCUT2D eigenvalue weighted by atomic mass is 10.1. The van der Waals surface area contributed by atoms with Gasteiger partial charge in [-0.25, -0.2) is 0 Å². The molecule has 1 aromatic heterocycles. The smallest absolute Gasteiger partial charge is 0.224 e. The van der Waals surface area contributed by atoms with Crippen molar-refractivity contribution in [3.05, 3.63) is 53.9 Å². The van der Waals surface area contributed by atoms with Gasteiger partial charge in [0.1, 0.15) is 0 Å². The molecule has 116 valence electrons. The average Bonchev–Trinajstić information content (AvgIpc) is 2.55. The van der Waals surface area contributed by atoms with Crippen molar-refractivity contribution in [1.29, 1.82) is 0 Å². The Morgan fingerprint density at radius 1 is 1.14 bits per heavy atom. The second kappa shape index (κ2) is 8.02. The summed E-state index contributed by atoms with van der Waals surface area (Å²) in [6.45, 7) is 0.578. The molecule has 1 aromatic carbocycles. The van der Waals surface area contributed by atoms with Gasteiger partial charge in [-0.15, -0.1) is 0 Å². The minimum atomic E-state index is -0.00604. The number of aromatic nitrogens is 1. The van der Waals surface area contributed by atoms with Gasteiger partial charge in [0.15, 0.2) is 11.5 Å². The maximum Gasteiger partial charge on any atom is 0.224 e. The van der Waals surface area contributed by atoms with Crippen molar-refractivity contribution in [3.8, 4) is 11.5 Å². The molecule has 1 amide bonds. The van der Waals surface area contributed by atoms with Crippen molar-refractivity contribution in [3.63, 3.8) is 0 Å². The van der Waals surface area contributed by atoms with Crippen LogP contribution in [0, 0.1) is 0 Å². The normalized spacial score (nSPS) is 10.1. The molecule has 2 aromatic rings. The third-order valence-corrected chi connectivity index (χ3v) is 3.27. The molecule has 0 saturated heterocycles. The van der Waals surface area contributed by atoms with Crippen LogP contribution in [0.15, 0.2) is 42.7 Å². The van der Waals surface area contributed by atoms with Crippen molar-refractivity contribution >= 4 is 5.91 Å². The summed E-state index contributed by atoms with van der Waals surface area (Å²) in [6, 6.07) is 9.47. The Morgan fingerprint density at radius 3 is 2.64 bits per heavy atom. The summed E-state index contributed by atoms with van der Waals surface area (Å²) in [5.41, 5.74) is 1.99. The number of rotatable bonds is 7. The number of pyridine rings is 1. The zero-order valence-corrected chi connectivity index (χ0v) is 12.8. The highest BCUT2D eigenvalue weighted by molar-refractivity contribution is 5.78. The number of benzene rings is 1. The number of amides is 1. The van der Waals surface area contributed by atoms with Crippen LogP contribution in [0.1, 0.15) is 11.1 Å². The van der Waals surface area contributed by atoms with Gasteiger partial charge < -0.3 is 14.8 Å². The van der Waals surface area contributed by atoms with E-state index in [0.717, 1.165) is 17.5 Å². The number of carbonyl (C=O) groups is 1. The SMILES string of the molecule is COc1ccc(CCNC(=O)Cc2cccnc2)cc1OC. The topological polar surface area (TPSA) is 60.5 Å². The van der Waals surface area contributed by atoms with Gasteiger partial charge in [0.05, 0.1) is 20.6 Å². The van der Waals surface area contributed by atoms with E-state index in [4.69, 9.17) is 9.47 Å². The van der Waals surface area contributed by atoms with Gasteiger partial charge in [-0.05, 0) is 35.7 Å². The summed E-state index contributed by atoms with van der Waals surface area (Å²) >= 11 is 0. The molecular formula is C17H20N2O3. The van der Waals surface area contributed by atoms with Gasteiger partial charge in [-0.3, -0.25) is 9.78 Å². The van der Waals surface area contributed by atoms with Crippen LogP contribution in [0.5, 0.6) is 11.5 Å². The van der Waals surface area contributed by atoms with E-state index in [9.17, 15) is 4.79 Å². The first-order valence-corrected chi connectivity index (χ1v) is 7.09. The van der Waals surface area contributed by atoms with E-state index >= 15 is 0 Å². The Kier molecular flexibility index (Phi) is 5.77. The zero-order chi connectivity index (χ0) is 15.8. The molecule has 5 nitrogen and oxygen atoms in total. The third-order valence-electron chi connectivity index (χ3n) is 3.27. The van der Waals surface area contributed by atoms with Crippen molar-refractivity contribution in [2.24, 2.45) is 0 Å². The number of hydrogen-bond donors (Lipinski definition) is 1. The van der Waals surface area contributed by atoms with Crippen molar-refractivity contribution in [2.45, 2.75) is 12.8 Å². The molecule has 1 N–H and O–H groups in total. The lowest BCUT2D eigenvalue weighted by Gasteiger charge is -2.10. The Balaban J connectivity index is 1.82. The number of hydrogen-bond acceptors (Lipinski definition) is 4. The highest BCUT2D eigenvalue weighted by atomic mass is 16.5. The Hall–Kier alpha value is -2.56. The molecule has 0 aliphatic heterocycles. The summed E-state index contributed by atoms with van der Waals surface area (Å²) in [7, 11) is 3.22. The molecule has 5 heteroatoms. The first-order valence-electron chi connectivity index (χ1n) is 7.09. The highest BCUT2D eigenvalue weighted by Gasteiger charge is 2.06. The molecule has 22 heavy (non-hydrogen) atoms. The van der Waals surface area contributed by atoms with E-state index in [0.29, 0.717) is 24.5 Å². The van der Waals surface area contributed by atoms with Crippen molar-refractivity contribution < 1.29 is 14.3 Å². The molecule has 0 spiro atoms. The molecule has 1 heterocycles. The maximum atomic E-state index is 11.8. The van der Waals surface area contributed by atoms with Crippen LogP contribution >= 0.6 is 0 Å². The minimum absolute atomic E-state index is 0.00604. The molecule has 0 unspecified atom stereocenters. The second-order valence-corrected chi connectivity index (χ2v) is 4.83. The monoisotopic (exact) mass is 300 g/mol. The summed E-state index contributed by atoms with van der Waals surface area (Å²) in [5.74, 6) is 1.39. The fraction of sp³-hybridized carbons (Fsp3) is 0.294. The Morgan fingerprint density at radius 2 is 1.95 bits per heavy atom. The van der Waals surface area contributed by atoms with E-state index in [2.05, 4.69) is 10.3 Å². The van der Waals surface area contributed by atoms with Crippen LogP contribution in [0.4, 0.5) is 0 Å². The van der Waals surface area contributed by atoms with Gasteiger partial charge in [0.25, 0.3) is 0 Å². The van der Waals surface area contributed by atoms with Gasteiger partial charge in [0, 0.05) is 18.9 Å². The fourth-order valence-corrected chi connectivity index (χ4v) is 2.13. The van der Waals surface area contributed by atoms with Gasteiger partial charge >= 0.3 is 0 Å². The molecular weight excluding hydrogens is 280 g/mol. The summed E-state index contributed by atoms with van der Waals surface area (Å²) in [5, 5.41) is 2.91. The summed E-state index contributed by atoms with van der Waals surface area (Å²) in [4.78, 5) is 15.8. The maximum absolute atomic E-state index is 11.8. The molecule has 0 bridgehead atoms. The fourth-order valence-electron chi connectivity index (χ4n) is 2.13. The molecule has 0 aliphatic rings. The van der Waals surface area contributed by atoms with Crippen LogP contribution in [-0.2, 0) is 17.6 Å². The quantitative estimate of drug-likeness (QED) is 0.849. The predicted molar refractivity (Wildman–Crippen MR) is 84.2 cm³/mol. The molecule has 2 rings (SSSR count). The van der Waals surface area contributed by atoms with E-state index in [1.807, 2.05) is 30.3 Å².